The highest BCUT2D eigenvalue weighted by Gasteiger charge is 1.90. The largest absolute Gasteiger partial charge is 0.382 e. The van der Waals surface area contributed by atoms with Gasteiger partial charge < -0.3 is 4.74 Å². The fourth-order valence-corrected chi connectivity index (χ4v) is 0.834. The lowest BCUT2D eigenvalue weighted by Gasteiger charge is -2.04. The van der Waals surface area contributed by atoms with Gasteiger partial charge in [-0.25, -0.2) is 0 Å². The fraction of sp³-hybridized carbons (Fsp3) is 0.444. The van der Waals surface area contributed by atoms with Crippen LogP contribution >= 0.6 is 0 Å². The summed E-state index contributed by atoms with van der Waals surface area (Å²) in [6, 6.07) is 3.88. The third-order valence-corrected chi connectivity index (χ3v) is 1.49. The van der Waals surface area contributed by atoms with Crippen molar-refractivity contribution in [3.8, 4) is 0 Å². The number of nitrogens with zero attached hydrogens (tertiary/aromatic N) is 1. The predicted molar refractivity (Wildman–Crippen MR) is 48.9 cm³/mol. The second-order valence-corrected chi connectivity index (χ2v) is 2.52. The first-order chi connectivity index (χ1) is 6.43. The number of methoxy groups -OCH3 is 1. The molecule has 0 atom stereocenters. The number of ether oxygens (including phenoxy) is 1. The Balaban J connectivity index is 2.07. The Morgan fingerprint density at radius 2 is 2.38 bits per heavy atom. The van der Waals surface area contributed by atoms with Crippen LogP contribution in [0.15, 0.2) is 24.5 Å². The van der Waals surface area contributed by atoms with Crippen molar-refractivity contribution in [3.63, 3.8) is 0 Å². The maximum Gasteiger partial charge on any atom is 0.0916 e. The summed E-state index contributed by atoms with van der Waals surface area (Å²) in [7, 11) is 1.64. The molecule has 1 rings (SSSR count). The summed E-state index contributed by atoms with van der Waals surface area (Å²) in [5.74, 6) is 0. The second-order valence-electron chi connectivity index (χ2n) is 2.52. The molecule has 0 radical (unpaired) electrons. The van der Waals surface area contributed by atoms with Crippen molar-refractivity contribution in [2.24, 2.45) is 0 Å². The van der Waals surface area contributed by atoms with Gasteiger partial charge in [0, 0.05) is 26.0 Å². The van der Waals surface area contributed by atoms with Crippen LogP contribution < -0.4 is 5.48 Å². The molecule has 0 saturated carbocycles. The molecule has 1 aromatic rings. The highest BCUT2D eigenvalue weighted by Crippen LogP contribution is 1.93. The Labute approximate surface area is 77.8 Å². The highest BCUT2D eigenvalue weighted by atomic mass is 16.7. The van der Waals surface area contributed by atoms with Gasteiger partial charge in [0.1, 0.15) is 0 Å². The van der Waals surface area contributed by atoms with E-state index in [-0.39, 0.29) is 0 Å². The van der Waals surface area contributed by atoms with E-state index in [4.69, 9.17) is 9.57 Å². The molecule has 1 aromatic heterocycles. The monoisotopic (exact) mass is 182 g/mol. The van der Waals surface area contributed by atoms with Gasteiger partial charge in [-0.1, -0.05) is 6.07 Å². The van der Waals surface area contributed by atoms with Crippen LogP contribution in [-0.4, -0.2) is 25.3 Å². The van der Waals surface area contributed by atoms with E-state index in [1.54, 1.807) is 19.5 Å². The van der Waals surface area contributed by atoms with Crippen LogP contribution in [0.5, 0.6) is 0 Å². The molecular formula is C9H14N2O2. The lowest BCUT2D eigenvalue weighted by molar-refractivity contribution is 0.00343. The summed E-state index contributed by atoms with van der Waals surface area (Å²) >= 11 is 0. The Hall–Kier alpha value is -0.970. The SMILES string of the molecule is COCCONCc1cccnc1. The summed E-state index contributed by atoms with van der Waals surface area (Å²) in [4.78, 5) is 9.05. The van der Waals surface area contributed by atoms with Crippen molar-refractivity contribution in [2.75, 3.05) is 20.3 Å². The van der Waals surface area contributed by atoms with E-state index in [0.29, 0.717) is 19.8 Å². The summed E-state index contributed by atoms with van der Waals surface area (Å²) < 4.78 is 4.82. The Morgan fingerprint density at radius 3 is 3.08 bits per heavy atom. The summed E-state index contributed by atoms with van der Waals surface area (Å²) in [5.41, 5.74) is 3.91. The maximum atomic E-state index is 5.08. The minimum absolute atomic E-state index is 0.552. The molecule has 0 fully saturated rings. The molecule has 13 heavy (non-hydrogen) atoms. The Bertz CT molecular complexity index is 216. The molecule has 4 heteroatoms. The van der Waals surface area contributed by atoms with Crippen molar-refractivity contribution < 1.29 is 9.57 Å². The molecule has 0 amide bonds. The second kappa shape index (κ2) is 6.54. The van der Waals surface area contributed by atoms with Crippen molar-refractivity contribution in [2.45, 2.75) is 6.54 Å². The van der Waals surface area contributed by atoms with E-state index in [1.165, 1.54) is 0 Å². The zero-order valence-electron chi connectivity index (χ0n) is 7.69. The number of nitrogens with one attached hydrogen (secondary N) is 1. The number of hydrogen-bond acceptors (Lipinski definition) is 4. The standard InChI is InChI=1S/C9H14N2O2/c1-12-5-6-13-11-8-9-3-2-4-10-7-9/h2-4,7,11H,5-6,8H2,1H3. The minimum Gasteiger partial charge on any atom is -0.382 e. The lowest BCUT2D eigenvalue weighted by atomic mass is 10.3. The van der Waals surface area contributed by atoms with Crippen LogP contribution in [0.2, 0.25) is 0 Å². The first-order valence-corrected chi connectivity index (χ1v) is 4.16. The smallest absolute Gasteiger partial charge is 0.0916 e. The zero-order chi connectivity index (χ0) is 9.36. The maximum absolute atomic E-state index is 5.08. The molecule has 0 aliphatic carbocycles. The van der Waals surface area contributed by atoms with Gasteiger partial charge >= 0.3 is 0 Å². The van der Waals surface area contributed by atoms with Gasteiger partial charge in [-0.05, 0) is 11.6 Å². The molecule has 0 spiro atoms. The van der Waals surface area contributed by atoms with Gasteiger partial charge in [-0.3, -0.25) is 9.82 Å². The Morgan fingerprint density at radius 1 is 1.46 bits per heavy atom. The number of hydrogen-bond donors (Lipinski definition) is 1. The molecule has 1 N–H and O–H groups in total. The first-order valence-electron chi connectivity index (χ1n) is 4.16. The van der Waals surface area contributed by atoms with Gasteiger partial charge in [0.05, 0.1) is 13.2 Å². The zero-order valence-corrected chi connectivity index (χ0v) is 7.69. The molecule has 4 nitrogen and oxygen atoms in total. The molecule has 72 valence electrons. The van der Waals surface area contributed by atoms with E-state index in [2.05, 4.69) is 10.5 Å². The van der Waals surface area contributed by atoms with Crippen molar-refractivity contribution in [1.82, 2.24) is 10.5 Å². The lowest BCUT2D eigenvalue weighted by Crippen LogP contribution is -2.17. The molecule has 0 bridgehead atoms. The van der Waals surface area contributed by atoms with E-state index < -0.39 is 0 Å². The van der Waals surface area contributed by atoms with E-state index >= 15 is 0 Å². The van der Waals surface area contributed by atoms with Gasteiger partial charge in [-0.15, -0.1) is 0 Å². The molecule has 0 saturated heterocycles. The normalized spacial score (nSPS) is 10.2. The number of pyridine rings is 1. The van der Waals surface area contributed by atoms with E-state index in [0.717, 1.165) is 5.56 Å². The van der Waals surface area contributed by atoms with Crippen LogP contribution in [0.4, 0.5) is 0 Å². The molecule has 0 unspecified atom stereocenters. The average Bonchev–Trinajstić information content (AvgIpc) is 2.19. The van der Waals surface area contributed by atoms with Crippen LogP contribution in [0.3, 0.4) is 0 Å². The van der Waals surface area contributed by atoms with Crippen molar-refractivity contribution in [1.29, 1.82) is 0 Å². The van der Waals surface area contributed by atoms with Gasteiger partial charge in [0.2, 0.25) is 0 Å². The first kappa shape index (κ1) is 10.1. The Kier molecular flexibility index (Phi) is 5.08. The molecule has 0 aliphatic rings. The topological polar surface area (TPSA) is 43.4 Å². The number of hydroxylamine groups is 1. The van der Waals surface area contributed by atoms with Gasteiger partial charge in [0.15, 0.2) is 0 Å². The molecular weight excluding hydrogens is 168 g/mol. The highest BCUT2D eigenvalue weighted by molar-refractivity contribution is 5.07. The quantitative estimate of drug-likeness (QED) is 0.521. The summed E-state index contributed by atoms with van der Waals surface area (Å²) in [5, 5.41) is 0. The minimum atomic E-state index is 0.552. The third-order valence-electron chi connectivity index (χ3n) is 1.49. The molecule has 0 aliphatic heterocycles. The van der Waals surface area contributed by atoms with E-state index in [1.807, 2.05) is 12.1 Å². The fourth-order valence-electron chi connectivity index (χ4n) is 0.834. The van der Waals surface area contributed by atoms with Crippen LogP contribution in [-0.2, 0) is 16.1 Å². The van der Waals surface area contributed by atoms with Crippen molar-refractivity contribution in [3.05, 3.63) is 30.1 Å². The summed E-state index contributed by atoms with van der Waals surface area (Å²) in [6.07, 6.45) is 3.54. The van der Waals surface area contributed by atoms with Crippen LogP contribution in [0, 0.1) is 0 Å². The van der Waals surface area contributed by atoms with Gasteiger partial charge in [0.25, 0.3) is 0 Å². The number of rotatable bonds is 6. The number of aromatic nitrogens is 1. The van der Waals surface area contributed by atoms with Crippen molar-refractivity contribution >= 4 is 0 Å². The molecule has 0 aromatic carbocycles. The molecule has 1 heterocycles. The third kappa shape index (κ3) is 4.57. The van der Waals surface area contributed by atoms with Crippen LogP contribution in [0.1, 0.15) is 5.56 Å². The van der Waals surface area contributed by atoms with Gasteiger partial charge in [-0.2, -0.15) is 5.48 Å². The summed E-state index contributed by atoms with van der Waals surface area (Å²) in [6.45, 7) is 1.81. The average molecular weight is 182 g/mol. The van der Waals surface area contributed by atoms with Crippen LogP contribution in [0.25, 0.3) is 0 Å². The predicted octanol–water partition coefficient (Wildman–Crippen LogP) is 0.749. The van der Waals surface area contributed by atoms with E-state index in [9.17, 15) is 0 Å².